The minimum Gasteiger partial charge on any atom is -0.445 e. The summed E-state index contributed by atoms with van der Waals surface area (Å²) >= 11 is 0. The van der Waals surface area contributed by atoms with Gasteiger partial charge in [0.05, 0.1) is 0 Å². The minimum atomic E-state index is -0.510. The number of rotatable bonds is 9. The SMILES string of the molecule is CC(C)NC(=O)c1ccc(NC(=O)CCCNC(=O)OCc2ccccc2)cc1. The third kappa shape index (κ3) is 8.47. The van der Waals surface area contributed by atoms with Crippen LogP contribution in [0.1, 0.15) is 42.6 Å². The predicted octanol–water partition coefficient (Wildman–Crippen LogP) is 3.47. The first-order valence-electron chi connectivity index (χ1n) is 9.59. The van der Waals surface area contributed by atoms with Gasteiger partial charge < -0.3 is 20.7 Å². The van der Waals surface area contributed by atoms with Gasteiger partial charge in [-0.3, -0.25) is 9.59 Å². The van der Waals surface area contributed by atoms with Gasteiger partial charge in [-0.05, 0) is 50.1 Å². The molecule has 7 heteroatoms. The highest BCUT2D eigenvalue weighted by molar-refractivity contribution is 5.95. The van der Waals surface area contributed by atoms with E-state index in [1.54, 1.807) is 24.3 Å². The number of carbonyl (C=O) groups excluding carboxylic acids is 3. The van der Waals surface area contributed by atoms with Crippen LogP contribution in [-0.2, 0) is 16.1 Å². The van der Waals surface area contributed by atoms with Crippen molar-refractivity contribution in [2.45, 2.75) is 39.3 Å². The maximum absolute atomic E-state index is 12.0. The first kappa shape index (κ1) is 21.9. The number of hydrogen-bond acceptors (Lipinski definition) is 4. The Labute approximate surface area is 170 Å². The van der Waals surface area contributed by atoms with Crippen LogP contribution in [0.2, 0.25) is 0 Å². The Kier molecular flexibility index (Phi) is 8.69. The molecule has 2 rings (SSSR count). The second kappa shape index (κ2) is 11.5. The van der Waals surface area contributed by atoms with E-state index in [9.17, 15) is 14.4 Å². The number of alkyl carbamates (subject to hydrolysis) is 1. The molecule has 2 aromatic rings. The van der Waals surface area contributed by atoms with E-state index >= 15 is 0 Å². The van der Waals surface area contributed by atoms with Crippen molar-refractivity contribution in [1.82, 2.24) is 10.6 Å². The van der Waals surface area contributed by atoms with Gasteiger partial charge >= 0.3 is 6.09 Å². The summed E-state index contributed by atoms with van der Waals surface area (Å²) in [5.41, 5.74) is 2.07. The van der Waals surface area contributed by atoms with Gasteiger partial charge in [0, 0.05) is 30.3 Å². The van der Waals surface area contributed by atoms with Crippen LogP contribution in [-0.4, -0.2) is 30.5 Å². The fourth-order valence-electron chi connectivity index (χ4n) is 2.49. The summed E-state index contributed by atoms with van der Waals surface area (Å²) in [7, 11) is 0. The summed E-state index contributed by atoms with van der Waals surface area (Å²) in [6, 6.07) is 16.2. The molecule has 0 radical (unpaired) electrons. The third-order valence-corrected chi connectivity index (χ3v) is 3.91. The molecule has 2 aromatic carbocycles. The number of benzene rings is 2. The lowest BCUT2D eigenvalue weighted by Crippen LogP contribution is -2.30. The van der Waals surface area contributed by atoms with Gasteiger partial charge in [0.2, 0.25) is 5.91 Å². The van der Waals surface area contributed by atoms with E-state index in [4.69, 9.17) is 4.74 Å². The molecule has 3 amide bonds. The van der Waals surface area contributed by atoms with Crippen molar-refractivity contribution in [2.24, 2.45) is 0 Å². The fraction of sp³-hybridized carbons (Fsp3) is 0.318. The van der Waals surface area contributed by atoms with Crippen molar-refractivity contribution < 1.29 is 19.1 Å². The highest BCUT2D eigenvalue weighted by Crippen LogP contribution is 2.10. The van der Waals surface area contributed by atoms with E-state index < -0.39 is 6.09 Å². The molecular weight excluding hydrogens is 370 g/mol. The lowest BCUT2D eigenvalue weighted by atomic mass is 10.2. The average molecular weight is 397 g/mol. The lowest BCUT2D eigenvalue weighted by Gasteiger charge is -2.10. The number of nitrogens with one attached hydrogen (secondary N) is 3. The zero-order valence-corrected chi connectivity index (χ0v) is 16.7. The highest BCUT2D eigenvalue weighted by atomic mass is 16.5. The summed E-state index contributed by atoms with van der Waals surface area (Å²) < 4.78 is 5.10. The number of hydrogen-bond donors (Lipinski definition) is 3. The minimum absolute atomic E-state index is 0.0612. The van der Waals surface area contributed by atoms with Crippen LogP contribution >= 0.6 is 0 Å². The number of anilines is 1. The van der Waals surface area contributed by atoms with Gasteiger partial charge in [0.25, 0.3) is 5.91 Å². The normalized spacial score (nSPS) is 10.3. The van der Waals surface area contributed by atoms with E-state index in [1.165, 1.54) is 0 Å². The molecular formula is C22H27N3O4. The van der Waals surface area contributed by atoms with Crippen molar-refractivity contribution in [3.63, 3.8) is 0 Å². The van der Waals surface area contributed by atoms with Crippen LogP contribution in [0.15, 0.2) is 54.6 Å². The fourth-order valence-corrected chi connectivity index (χ4v) is 2.49. The van der Waals surface area contributed by atoms with Gasteiger partial charge in [-0.2, -0.15) is 0 Å². The smallest absolute Gasteiger partial charge is 0.407 e. The average Bonchev–Trinajstić information content (AvgIpc) is 2.70. The number of amides is 3. The standard InChI is InChI=1S/C22H27N3O4/c1-16(2)24-21(27)18-10-12-19(13-11-18)25-20(26)9-6-14-23-22(28)29-15-17-7-4-3-5-8-17/h3-5,7-8,10-13,16H,6,9,14-15H2,1-2H3,(H,23,28)(H,24,27)(H,25,26). The molecule has 0 aliphatic rings. The summed E-state index contributed by atoms with van der Waals surface area (Å²) in [6.07, 6.45) is 0.236. The van der Waals surface area contributed by atoms with Crippen LogP contribution in [0.25, 0.3) is 0 Å². The quantitative estimate of drug-likeness (QED) is 0.565. The molecule has 0 bridgehead atoms. The Hall–Kier alpha value is -3.35. The van der Waals surface area contributed by atoms with Gasteiger partial charge in [0.1, 0.15) is 6.61 Å². The van der Waals surface area contributed by atoms with Gasteiger partial charge in [-0.15, -0.1) is 0 Å². The Morgan fingerprint density at radius 3 is 2.31 bits per heavy atom. The first-order chi connectivity index (χ1) is 13.9. The molecule has 0 spiro atoms. The number of ether oxygens (including phenoxy) is 1. The van der Waals surface area contributed by atoms with Crippen molar-refractivity contribution in [2.75, 3.05) is 11.9 Å². The monoisotopic (exact) mass is 397 g/mol. The molecule has 0 aliphatic heterocycles. The maximum atomic E-state index is 12.0. The molecule has 0 unspecified atom stereocenters. The van der Waals surface area contributed by atoms with Crippen LogP contribution in [0.4, 0.5) is 10.5 Å². The molecule has 29 heavy (non-hydrogen) atoms. The molecule has 0 atom stereocenters. The third-order valence-electron chi connectivity index (χ3n) is 3.91. The van der Waals surface area contributed by atoms with E-state index in [0.717, 1.165) is 5.56 Å². The molecule has 7 nitrogen and oxygen atoms in total. The van der Waals surface area contributed by atoms with E-state index in [2.05, 4.69) is 16.0 Å². The van der Waals surface area contributed by atoms with Crippen LogP contribution in [0.5, 0.6) is 0 Å². The molecule has 3 N–H and O–H groups in total. The molecule has 0 heterocycles. The van der Waals surface area contributed by atoms with Gasteiger partial charge in [0.15, 0.2) is 0 Å². The summed E-state index contributed by atoms with van der Waals surface area (Å²) in [5, 5.41) is 8.20. The largest absolute Gasteiger partial charge is 0.445 e. The van der Waals surface area contributed by atoms with Crippen molar-refractivity contribution in [3.8, 4) is 0 Å². The summed E-state index contributed by atoms with van der Waals surface area (Å²) in [6.45, 7) is 4.34. The van der Waals surface area contributed by atoms with Crippen LogP contribution < -0.4 is 16.0 Å². The topological polar surface area (TPSA) is 96.5 Å². The van der Waals surface area contributed by atoms with Crippen LogP contribution in [0.3, 0.4) is 0 Å². The van der Waals surface area contributed by atoms with Crippen LogP contribution in [0, 0.1) is 0 Å². The molecule has 0 saturated heterocycles. The highest BCUT2D eigenvalue weighted by Gasteiger charge is 2.08. The number of carbonyl (C=O) groups is 3. The molecule has 0 saturated carbocycles. The summed E-state index contributed by atoms with van der Waals surface area (Å²) in [5.74, 6) is -0.313. The second-order valence-corrected chi connectivity index (χ2v) is 6.85. The predicted molar refractivity (Wildman–Crippen MR) is 112 cm³/mol. The zero-order chi connectivity index (χ0) is 21.1. The Morgan fingerprint density at radius 1 is 0.966 bits per heavy atom. The maximum Gasteiger partial charge on any atom is 0.407 e. The van der Waals surface area contributed by atoms with E-state index in [-0.39, 0.29) is 30.9 Å². The molecule has 0 fully saturated rings. The molecule has 0 aliphatic carbocycles. The summed E-state index contributed by atoms with van der Waals surface area (Å²) in [4.78, 5) is 35.5. The molecule has 0 aromatic heterocycles. The van der Waals surface area contributed by atoms with Crippen molar-refractivity contribution >= 4 is 23.6 Å². The Morgan fingerprint density at radius 2 is 1.66 bits per heavy atom. The van der Waals surface area contributed by atoms with E-state index in [0.29, 0.717) is 24.2 Å². The van der Waals surface area contributed by atoms with Crippen molar-refractivity contribution in [1.29, 1.82) is 0 Å². The lowest BCUT2D eigenvalue weighted by molar-refractivity contribution is -0.116. The zero-order valence-electron chi connectivity index (χ0n) is 16.7. The Bertz CT molecular complexity index is 805. The molecule has 154 valence electrons. The Balaban J connectivity index is 1.63. The van der Waals surface area contributed by atoms with E-state index in [1.807, 2.05) is 44.2 Å². The first-order valence-corrected chi connectivity index (χ1v) is 9.59. The van der Waals surface area contributed by atoms with Gasteiger partial charge in [-0.1, -0.05) is 30.3 Å². The second-order valence-electron chi connectivity index (χ2n) is 6.85. The van der Waals surface area contributed by atoms with Gasteiger partial charge in [-0.25, -0.2) is 4.79 Å². The van der Waals surface area contributed by atoms with Crippen molar-refractivity contribution in [3.05, 3.63) is 65.7 Å².